The minimum Gasteiger partial charge on any atom is -0.378 e. The Balaban J connectivity index is 1.44. The van der Waals surface area contributed by atoms with E-state index in [9.17, 15) is 0 Å². The largest absolute Gasteiger partial charge is 0.378 e. The number of anilines is 3. The fourth-order valence-corrected chi connectivity index (χ4v) is 3.64. The van der Waals surface area contributed by atoms with E-state index < -0.39 is 0 Å². The molecule has 0 radical (unpaired) electrons. The van der Waals surface area contributed by atoms with Crippen molar-refractivity contribution < 1.29 is 4.74 Å². The Morgan fingerprint density at radius 1 is 0.769 bits per heavy atom. The van der Waals surface area contributed by atoms with Crippen molar-refractivity contribution in [3.8, 4) is 0 Å². The van der Waals surface area contributed by atoms with Crippen LogP contribution in [-0.4, -0.2) is 62.5 Å². The van der Waals surface area contributed by atoms with E-state index in [0.29, 0.717) is 0 Å². The molecule has 0 atom stereocenters. The first-order chi connectivity index (χ1) is 12.8. The van der Waals surface area contributed by atoms with E-state index in [1.807, 2.05) is 0 Å². The molecule has 138 valence electrons. The van der Waals surface area contributed by atoms with Crippen molar-refractivity contribution in [3.63, 3.8) is 0 Å². The molecule has 6 nitrogen and oxygen atoms in total. The van der Waals surface area contributed by atoms with Crippen LogP contribution in [0.25, 0.3) is 0 Å². The number of hydrogen-bond acceptors (Lipinski definition) is 6. The average molecular weight is 353 g/mol. The molecule has 1 aromatic heterocycles. The van der Waals surface area contributed by atoms with Gasteiger partial charge in [0.2, 0.25) is 0 Å². The molecule has 0 aliphatic carbocycles. The standard InChI is InChI=1S/C20H27N5O/c1-17-3-5-18(6-4-17)23-7-2-8-24(10-9-23)19-15-20(22-16-21-19)25-11-13-26-14-12-25/h3-6,15-16H,2,7-14H2,1H3. The van der Waals surface area contributed by atoms with Gasteiger partial charge in [-0.05, 0) is 25.5 Å². The zero-order valence-corrected chi connectivity index (χ0v) is 15.5. The van der Waals surface area contributed by atoms with E-state index in [2.05, 4.69) is 61.9 Å². The Labute approximate surface area is 155 Å². The number of ether oxygens (including phenoxy) is 1. The van der Waals surface area contributed by atoms with Crippen LogP contribution in [0.1, 0.15) is 12.0 Å². The predicted octanol–water partition coefficient (Wildman–Crippen LogP) is 2.34. The topological polar surface area (TPSA) is 44.7 Å². The van der Waals surface area contributed by atoms with Crippen molar-refractivity contribution in [2.45, 2.75) is 13.3 Å². The van der Waals surface area contributed by atoms with Crippen molar-refractivity contribution in [3.05, 3.63) is 42.2 Å². The molecule has 2 saturated heterocycles. The molecular formula is C20H27N5O. The summed E-state index contributed by atoms with van der Waals surface area (Å²) in [5.41, 5.74) is 2.62. The quantitative estimate of drug-likeness (QED) is 0.844. The van der Waals surface area contributed by atoms with E-state index in [0.717, 1.165) is 70.5 Å². The molecule has 0 bridgehead atoms. The first kappa shape index (κ1) is 17.1. The lowest BCUT2D eigenvalue weighted by molar-refractivity contribution is 0.122. The van der Waals surface area contributed by atoms with Gasteiger partial charge in [-0.2, -0.15) is 0 Å². The molecule has 3 heterocycles. The zero-order valence-electron chi connectivity index (χ0n) is 15.5. The number of morpholine rings is 1. The van der Waals surface area contributed by atoms with Crippen LogP contribution in [-0.2, 0) is 4.74 Å². The van der Waals surface area contributed by atoms with Crippen molar-refractivity contribution in [1.82, 2.24) is 9.97 Å². The smallest absolute Gasteiger partial charge is 0.134 e. The van der Waals surface area contributed by atoms with Gasteiger partial charge in [0.05, 0.1) is 13.2 Å². The Morgan fingerprint density at radius 3 is 2.12 bits per heavy atom. The fraction of sp³-hybridized carbons (Fsp3) is 0.500. The third kappa shape index (κ3) is 3.90. The lowest BCUT2D eigenvalue weighted by atomic mass is 10.2. The molecule has 0 amide bonds. The first-order valence-corrected chi connectivity index (χ1v) is 9.51. The molecule has 2 aliphatic rings. The van der Waals surface area contributed by atoms with Crippen LogP contribution in [0.15, 0.2) is 36.7 Å². The highest BCUT2D eigenvalue weighted by atomic mass is 16.5. The van der Waals surface area contributed by atoms with Crippen molar-refractivity contribution in [2.75, 3.05) is 67.2 Å². The van der Waals surface area contributed by atoms with Gasteiger partial charge >= 0.3 is 0 Å². The summed E-state index contributed by atoms with van der Waals surface area (Å²) < 4.78 is 5.44. The van der Waals surface area contributed by atoms with Crippen molar-refractivity contribution in [2.24, 2.45) is 0 Å². The Hall–Kier alpha value is -2.34. The molecule has 26 heavy (non-hydrogen) atoms. The van der Waals surface area contributed by atoms with E-state index in [1.54, 1.807) is 6.33 Å². The molecule has 0 saturated carbocycles. The number of aryl methyl sites for hydroxylation is 1. The molecule has 6 heteroatoms. The van der Waals surface area contributed by atoms with Crippen LogP contribution < -0.4 is 14.7 Å². The second-order valence-corrected chi connectivity index (χ2v) is 7.00. The van der Waals surface area contributed by atoms with Crippen molar-refractivity contribution >= 4 is 17.3 Å². The maximum absolute atomic E-state index is 5.44. The summed E-state index contributed by atoms with van der Waals surface area (Å²) in [5, 5.41) is 0. The minimum absolute atomic E-state index is 0.772. The van der Waals surface area contributed by atoms with Gasteiger partial charge in [0, 0.05) is 51.0 Å². The Bertz CT molecular complexity index is 714. The van der Waals surface area contributed by atoms with Crippen LogP contribution in [0.4, 0.5) is 17.3 Å². The number of hydrogen-bond donors (Lipinski definition) is 0. The number of rotatable bonds is 3. The van der Waals surface area contributed by atoms with E-state index in [-0.39, 0.29) is 0 Å². The lowest BCUT2D eigenvalue weighted by Gasteiger charge is -2.29. The monoisotopic (exact) mass is 353 g/mol. The van der Waals surface area contributed by atoms with Crippen LogP contribution >= 0.6 is 0 Å². The molecule has 0 N–H and O–H groups in total. The minimum atomic E-state index is 0.772. The SMILES string of the molecule is Cc1ccc(N2CCCN(c3cc(N4CCOCC4)ncn3)CC2)cc1. The fourth-order valence-electron chi connectivity index (χ4n) is 3.64. The Kier molecular flexibility index (Phi) is 5.20. The van der Waals surface area contributed by atoms with Gasteiger partial charge in [-0.1, -0.05) is 17.7 Å². The molecule has 2 aromatic rings. The molecule has 2 fully saturated rings. The zero-order chi connectivity index (χ0) is 17.8. The molecule has 0 unspecified atom stereocenters. The van der Waals surface area contributed by atoms with E-state index in [4.69, 9.17) is 4.74 Å². The maximum atomic E-state index is 5.44. The summed E-state index contributed by atoms with van der Waals surface area (Å²) in [4.78, 5) is 16.2. The average Bonchev–Trinajstić information content (AvgIpc) is 2.96. The van der Waals surface area contributed by atoms with Crippen LogP contribution in [0, 0.1) is 6.92 Å². The van der Waals surface area contributed by atoms with E-state index in [1.165, 1.54) is 11.3 Å². The highest BCUT2D eigenvalue weighted by molar-refractivity contribution is 5.52. The third-order valence-corrected chi connectivity index (χ3v) is 5.19. The predicted molar refractivity (Wildman–Crippen MR) is 105 cm³/mol. The second-order valence-electron chi connectivity index (χ2n) is 7.00. The second kappa shape index (κ2) is 7.91. The molecule has 2 aliphatic heterocycles. The summed E-state index contributed by atoms with van der Waals surface area (Å²) in [5.74, 6) is 2.05. The van der Waals surface area contributed by atoms with Crippen LogP contribution in [0.3, 0.4) is 0 Å². The van der Waals surface area contributed by atoms with Crippen molar-refractivity contribution in [1.29, 1.82) is 0 Å². The number of aromatic nitrogens is 2. The number of benzene rings is 1. The molecular weight excluding hydrogens is 326 g/mol. The van der Waals surface area contributed by atoms with Gasteiger partial charge in [0.15, 0.2) is 0 Å². The Morgan fingerprint density at radius 2 is 1.38 bits per heavy atom. The summed E-state index contributed by atoms with van der Waals surface area (Å²) in [6, 6.07) is 11.0. The molecule has 1 aromatic carbocycles. The number of nitrogens with zero attached hydrogens (tertiary/aromatic N) is 5. The van der Waals surface area contributed by atoms with Gasteiger partial charge in [-0.25, -0.2) is 9.97 Å². The summed E-state index contributed by atoms with van der Waals surface area (Å²) >= 11 is 0. The van der Waals surface area contributed by atoms with Gasteiger partial charge in [-0.3, -0.25) is 0 Å². The molecule has 0 spiro atoms. The van der Waals surface area contributed by atoms with Gasteiger partial charge in [0.1, 0.15) is 18.0 Å². The normalized spacial score (nSPS) is 18.7. The summed E-state index contributed by atoms with van der Waals surface area (Å²) in [6.45, 7) is 9.59. The first-order valence-electron chi connectivity index (χ1n) is 9.51. The maximum Gasteiger partial charge on any atom is 0.134 e. The highest BCUT2D eigenvalue weighted by Gasteiger charge is 2.19. The van der Waals surface area contributed by atoms with Crippen LogP contribution in [0.5, 0.6) is 0 Å². The lowest BCUT2D eigenvalue weighted by Crippen LogP contribution is -2.37. The third-order valence-electron chi connectivity index (χ3n) is 5.19. The summed E-state index contributed by atoms with van der Waals surface area (Å²) in [6.07, 6.45) is 2.83. The van der Waals surface area contributed by atoms with Gasteiger partial charge in [-0.15, -0.1) is 0 Å². The van der Waals surface area contributed by atoms with Gasteiger partial charge < -0.3 is 19.4 Å². The van der Waals surface area contributed by atoms with E-state index >= 15 is 0 Å². The van der Waals surface area contributed by atoms with Gasteiger partial charge in [0.25, 0.3) is 0 Å². The van der Waals surface area contributed by atoms with Crippen LogP contribution in [0.2, 0.25) is 0 Å². The summed E-state index contributed by atoms with van der Waals surface area (Å²) in [7, 11) is 0. The highest BCUT2D eigenvalue weighted by Crippen LogP contribution is 2.22. The molecule has 4 rings (SSSR count).